The van der Waals surface area contributed by atoms with E-state index in [-0.39, 0.29) is 5.82 Å². The van der Waals surface area contributed by atoms with Crippen molar-refractivity contribution in [3.8, 4) is 0 Å². The van der Waals surface area contributed by atoms with E-state index in [2.05, 4.69) is 16.8 Å². The standard InChI is InChI=1S/C17H26FN3/c1-19-10-12-21(13-11-19)16-6-8-20(9-7-16)14-15-4-2-3-5-17(15)18/h2-5,16H,6-14H2,1H3/p+1. The summed E-state index contributed by atoms with van der Waals surface area (Å²) in [6.07, 6.45) is 2.46. The second-order valence-corrected chi connectivity index (χ2v) is 6.59. The van der Waals surface area contributed by atoms with Crippen LogP contribution in [0, 0.1) is 5.82 Å². The molecular formula is C17H27FN3+. The number of likely N-dealkylation sites (tertiary alicyclic amines) is 1. The summed E-state index contributed by atoms with van der Waals surface area (Å²) in [6, 6.07) is 7.91. The Hall–Kier alpha value is -0.970. The van der Waals surface area contributed by atoms with Crippen LogP contribution in [0.15, 0.2) is 24.3 Å². The van der Waals surface area contributed by atoms with E-state index in [1.54, 1.807) is 17.0 Å². The fourth-order valence-electron chi connectivity index (χ4n) is 3.58. The Morgan fingerprint density at radius 2 is 1.76 bits per heavy atom. The van der Waals surface area contributed by atoms with Crippen LogP contribution in [0.1, 0.15) is 18.4 Å². The topological polar surface area (TPSA) is 10.9 Å². The first kappa shape index (κ1) is 14.9. The summed E-state index contributed by atoms with van der Waals surface area (Å²) in [4.78, 5) is 6.73. The van der Waals surface area contributed by atoms with Gasteiger partial charge in [-0.2, -0.15) is 0 Å². The number of hydrogen-bond donors (Lipinski definition) is 1. The van der Waals surface area contributed by atoms with Crippen molar-refractivity contribution < 1.29 is 9.29 Å². The van der Waals surface area contributed by atoms with Crippen LogP contribution in [0.4, 0.5) is 4.39 Å². The number of nitrogens with zero attached hydrogens (tertiary/aromatic N) is 2. The van der Waals surface area contributed by atoms with Gasteiger partial charge in [-0.15, -0.1) is 0 Å². The van der Waals surface area contributed by atoms with Gasteiger partial charge in [0, 0.05) is 31.2 Å². The molecule has 0 aliphatic carbocycles. The molecule has 21 heavy (non-hydrogen) atoms. The molecular weight excluding hydrogens is 265 g/mol. The van der Waals surface area contributed by atoms with E-state index in [1.807, 2.05) is 12.1 Å². The van der Waals surface area contributed by atoms with Gasteiger partial charge in [-0.05, 0) is 32.0 Å². The second kappa shape index (κ2) is 6.86. The molecule has 0 bridgehead atoms. The normalized spacial score (nSPS) is 23.5. The van der Waals surface area contributed by atoms with E-state index in [9.17, 15) is 4.39 Å². The van der Waals surface area contributed by atoms with Crippen LogP contribution in [-0.2, 0) is 6.54 Å². The van der Waals surface area contributed by atoms with Gasteiger partial charge in [-0.1, -0.05) is 18.2 Å². The maximum Gasteiger partial charge on any atom is 0.127 e. The Balaban J connectivity index is 1.48. The number of piperidine rings is 1. The third kappa shape index (κ3) is 3.82. The highest BCUT2D eigenvalue weighted by molar-refractivity contribution is 5.17. The Labute approximate surface area is 127 Å². The highest BCUT2D eigenvalue weighted by Gasteiger charge is 2.27. The summed E-state index contributed by atoms with van der Waals surface area (Å²) in [6.45, 7) is 7.97. The third-order valence-electron chi connectivity index (χ3n) is 5.08. The lowest BCUT2D eigenvalue weighted by atomic mass is 10.0. The minimum absolute atomic E-state index is 0.0679. The molecule has 1 aromatic rings. The van der Waals surface area contributed by atoms with Crippen molar-refractivity contribution >= 4 is 0 Å². The summed E-state index contributed by atoms with van der Waals surface area (Å²) in [5.74, 6) is -0.0679. The fourth-order valence-corrected chi connectivity index (χ4v) is 3.58. The summed E-state index contributed by atoms with van der Waals surface area (Å²) in [7, 11) is 2.29. The molecule has 0 amide bonds. The van der Waals surface area contributed by atoms with E-state index in [0.29, 0.717) is 0 Å². The van der Waals surface area contributed by atoms with Gasteiger partial charge in [0.25, 0.3) is 0 Å². The molecule has 2 heterocycles. The van der Waals surface area contributed by atoms with Gasteiger partial charge in [0.2, 0.25) is 0 Å². The fraction of sp³-hybridized carbons (Fsp3) is 0.647. The maximum atomic E-state index is 13.7. The molecule has 0 aromatic heterocycles. The average molecular weight is 292 g/mol. The minimum atomic E-state index is -0.0679. The number of piperazine rings is 1. The van der Waals surface area contributed by atoms with Crippen LogP contribution in [0.2, 0.25) is 0 Å². The highest BCUT2D eigenvalue weighted by Crippen LogP contribution is 2.19. The SMILES string of the molecule is C[NH+]1CCN(C2CCN(Cc3ccccc3F)CC2)CC1. The minimum Gasteiger partial charge on any atom is -0.335 e. The average Bonchev–Trinajstić information content (AvgIpc) is 2.51. The van der Waals surface area contributed by atoms with Crippen LogP contribution < -0.4 is 4.90 Å². The number of quaternary nitrogens is 1. The van der Waals surface area contributed by atoms with E-state index in [0.717, 1.165) is 31.2 Å². The zero-order valence-corrected chi connectivity index (χ0v) is 13.0. The summed E-state index contributed by atoms with van der Waals surface area (Å²) < 4.78 is 13.7. The first-order valence-corrected chi connectivity index (χ1v) is 8.23. The van der Waals surface area contributed by atoms with Crippen LogP contribution >= 0.6 is 0 Å². The van der Waals surface area contributed by atoms with E-state index in [1.165, 1.54) is 39.0 Å². The van der Waals surface area contributed by atoms with Crippen molar-refractivity contribution in [1.29, 1.82) is 0 Å². The van der Waals surface area contributed by atoms with Gasteiger partial charge in [-0.25, -0.2) is 4.39 Å². The van der Waals surface area contributed by atoms with Gasteiger partial charge in [-0.3, -0.25) is 9.80 Å². The monoisotopic (exact) mass is 292 g/mol. The molecule has 3 nitrogen and oxygen atoms in total. The predicted molar refractivity (Wildman–Crippen MR) is 82.9 cm³/mol. The molecule has 0 spiro atoms. The van der Waals surface area contributed by atoms with Crippen molar-refractivity contribution in [3.63, 3.8) is 0 Å². The molecule has 4 heteroatoms. The van der Waals surface area contributed by atoms with E-state index < -0.39 is 0 Å². The molecule has 0 unspecified atom stereocenters. The summed E-state index contributed by atoms with van der Waals surface area (Å²) in [5, 5.41) is 0. The number of likely N-dealkylation sites (N-methyl/N-ethyl adjacent to an activating group) is 1. The van der Waals surface area contributed by atoms with E-state index in [4.69, 9.17) is 0 Å². The summed E-state index contributed by atoms with van der Waals surface area (Å²) >= 11 is 0. The molecule has 2 saturated heterocycles. The lowest BCUT2D eigenvalue weighted by Gasteiger charge is -2.40. The molecule has 1 N–H and O–H groups in total. The van der Waals surface area contributed by atoms with Gasteiger partial charge < -0.3 is 4.90 Å². The first-order chi connectivity index (χ1) is 10.2. The Morgan fingerprint density at radius 1 is 1.10 bits per heavy atom. The molecule has 2 aliphatic rings. The van der Waals surface area contributed by atoms with Crippen molar-refractivity contribution in [1.82, 2.24) is 9.80 Å². The summed E-state index contributed by atoms with van der Waals surface area (Å²) in [5.41, 5.74) is 0.833. The highest BCUT2D eigenvalue weighted by atomic mass is 19.1. The maximum absolute atomic E-state index is 13.7. The van der Waals surface area contributed by atoms with Crippen LogP contribution in [0.5, 0.6) is 0 Å². The molecule has 2 fully saturated rings. The Kier molecular flexibility index (Phi) is 4.88. The molecule has 2 aliphatic heterocycles. The molecule has 0 saturated carbocycles. The molecule has 0 atom stereocenters. The van der Waals surface area contributed by atoms with Gasteiger partial charge in [0.05, 0.1) is 20.1 Å². The second-order valence-electron chi connectivity index (χ2n) is 6.59. The van der Waals surface area contributed by atoms with Crippen LogP contribution in [0.25, 0.3) is 0 Å². The Morgan fingerprint density at radius 3 is 2.43 bits per heavy atom. The van der Waals surface area contributed by atoms with Gasteiger partial charge in [0.15, 0.2) is 0 Å². The number of halogens is 1. The van der Waals surface area contributed by atoms with Crippen molar-refractivity contribution in [2.75, 3.05) is 46.3 Å². The smallest absolute Gasteiger partial charge is 0.127 e. The van der Waals surface area contributed by atoms with Gasteiger partial charge >= 0.3 is 0 Å². The number of benzene rings is 1. The third-order valence-corrected chi connectivity index (χ3v) is 5.08. The first-order valence-electron chi connectivity index (χ1n) is 8.23. The lowest BCUT2D eigenvalue weighted by Crippen LogP contribution is -3.12. The molecule has 3 rings (SSSR count). The quantitative estimate of drug-likeness (QED) is 0.876. The van der Waals surface area contributed by atoms with Crippen molar-refractivity contribution in [3.05, 3.63) is 35.6 Å². The zero-order valence-electron chi connectivity index (χ0n) is 13.0. The lowest BCUT2D eigenvalue weighted by molar-refractivity contribution is -0.884. The van der Waals surface area contributed by atoms with Crippen LogP contribution in [0.3, 0.4) is 0 Å². The van der Waals surface area contributed by atoms with Crippen molar-refractivity contribution in [2.24, 2.45) is 0 Å². The number of hydrogen-bond acceptors (Lipinski definition) is 2. The van der Waals surface area contributed by atoms with E-state index >= 15 is 0 Å². The molecule has 1 aromatic carbocycles. The molecule has 116 valence electrons. The zero-order chi connectivity index (χ0) is 14.7. The Bertz CT molecular complexity index is 449. The molecule has 0 radical (unpaired) electrons. The largest absolute Gasteiger partial charge is 0.335 e. The van der Waals surface area contributed by atoms with Crippen molar-refractivity contribution in [2.45, 2.75) is 25.4 Å². The number of rotatable bonds is 3. The van der Waals surface area contributed by atoms with Crippen LogP contribution in [-0.4, -0.2) is 62.2 Å². The number of nitrogens with one attached hydrogen (secondary N) is 1. The van der Waals surface area contributed by atoms with Gasteiger partial charge in [0.1, 0.15) is 5.82 Å². The predicted octanol–water partition coefficient (Wildman–Crippen LogP) is 0.620.